The highest BCUT2D eigenvalue weighted by atomic mass is 16.5. The van der Waals surface area contributed by atoms with Crippen molar-refractivity contribution < 1.29 is 14.6 Å². The molecule has 2 N–H and O–H groups in total. The summed E-state index contributed by atoms with van der Waals surface area (Å²) in [6.07, 6.45) is 4.11. The molecule has 1 aromatic carbocycles. The van der Waals surface area contributed by atoms with Crippen molar-refractivity contribution in [2.75, 3.05) is 27.3 Å². The number of carbonyl (C=O) groups is 1. The summed E-state index contributed by atoms with van der Waals surface area (Å²) in [4.78, 5) is 14.0. The van der Waals surface area contributed by atoms with E-state index in [2.05, 4.69) is 5.32 Å². The molecule has 0 bridgehead atoms. The minimum absolute atomic E-state index is 0.0301. The van der Waals surface area contributed by atoms with Gasteiger partial charge in [-0.3, -0.25) is 4.79 Å². The largest absolute Gasteiger partial charge is 0.497 e. The van der Waals surface area contributed by atoms with Gasteiger partial charge in [0, 0.05) is 19.1 Å². The number of methoxy groups -OCH3 is 1. The lowest BCUT2D eigenvalue weighted by molar-refractivity contribution is -0.130. The van der Waals surface area contributed by atoms with Gasteiger partial charge in [0.05, 0.1) is 20.3 Å². The Hall–Kier alpha value is -1.59. The normalized spacial score (nSPS) is 16.5. The van der Waals surface area contributed by atoms with Gasteiger partial charge in [-0.15, -0.1) is 0 Å². The Morgan fingerprint density at radius 3 is 2.77 bits per heavy atom. The van der Waals surface area contributed by atoms with Gasteiger partial charge in [-0.05, 0) is 30.5 Å². The summed E-state index contributed by atoms with van der Waals surface area (Å²) in [5.74, 6) is 0.823. The molecule has 0 saturated heterocycles. The van der Waals surface area contributed by atoms with Crippen molar-refractivity contribution >= 4 is 5.91 Å². The molecule has 0 spiro atoms. The van der Waals surface area contributed by atoms with Crippen LogP contribution in [0, 0.1) is 0 Å². The fraction of sp³-hybridized carbons (Fsp3) is 0.588. The van der Waals surface area contributed by atoms with Crippen molar-refractivity contribution in [3.8, 4) is 5.75 Å². The number of hydrogen-bond donors (Lipinski definition) is 2. The number of nitrogens with one attached hydrogen (secondary N) is 1. The molecular formula is C17H26N2O3. The zero-order valence-corrected chi connectivity index (χ0v) is 13.5. The molecule has 1 fully saturated rings. The van der Waals surface area contributed by atoms with Crippen LogP contribution in [0.4, 0.5) is 0 Å². The Labute approximate surface area is 132 Å². The third-order valence-electron chi connectivity index (χ3n) is 4.46. The van der Waals surface area contributed by atoms with E-state index in [1.165, 1.54) is 0 Å². The van der Waals surface area contributed by atoms with E-state index in [9.17, 15) is 9.90 Å². The Balaban J connectivity index is 1.86. The first-order chi connectivity index (χ1) is 10.6. The van der Waals surface area contributed by atoms with Crippen molar-refractivity contribution in [3.05, 3.63) is 29.8 Å². The molecule has 1 aliphatic rings. The summed E-state index contributed by atoms with van der Waals surface area (Å²) in [6, 6.07) is 7.72. The third kappa shape index (κ3) is 4.21. The van der Waals surface area contributed by atoms with Crippen molar-refractivity contribution in [3.63, 3.8) is 0 Å². The number of ether oxygens (including phenoxy) is 1. The molecule has 5 heteroatoms. The fourth-order valence-electron chi connectivity index (χ4n) is 2.97. The molecular weight excluding hydrogens is 280 g/mol. The van der Waals surface area contributed by atoms with E-state index in [1.54, 1.807) is 19.1 Å². The van der Waals surface area contributed by atoms with Crippen LogP contribution in [0.3, 0.4) is 0 Å². The third-order valence-corrected chi connectivity index (χ3v) is 4.46. The maximum Gasteiger partial charge on any atom is 0.236 e. The lowest BCUT2D eigenvalue weighted by Crippen LogP contribution is -2.50. The Morgan fingerprint density at radius 2 is 2.14 bits per heavy atom. The van der Waals surface area contributed by atoms with E-state index in [-0.39, 0.29) is 24.6 Å². The van der Waals surface area contributed by atoms with Crippen LogP contribution in [0.5, 0.6) is 5.75 Å². The quantitative estimate of drug-likeness (QED) is 0.802. The number of nitrogens with zero attached hydrogens (tertiary/aromatic N) is 1. The maximum atomic E-state index is 12.3. The van der Waals surface area contributed by atoms with Crippen LogP contribution < -0.4 is 10.1 Å². The first-order valence-corrected chi connectivity index (χ1v) is 7.81. The molecule has 0 unspecified atom stereocenters. The lowest BCUT2D eigenvalue weighted by atomic mass is 9.99. The molecule has 0 heterocycles. The predicted octanol–water partition coefficient (Wildman–Crippen LogP) is 1.55. The maximum absolute atomic E-state index is 12.3. The van der Waals surface area contributed by atoms with Crippen LogP contribution in [-0.2, 0) is 11.3 Å². The molecule has 1 saturated carbocycles. The molecule has 1 aromatic rings. The monoisotopic (exact) mass is 306 g/mol. The number of carbonyl (C=O) groups excluding carboxylic acids is 1. The minimum atomic E-state index is -0.257. The predicted molar refractivity (Wildman–Crippen MR) is 85.8 cm³/mol. The standard InChI is InChI=1S/C17H26N2O3/c1-19(12-14-6-5-7-15(10-14)22-2)16(21)11-18-17(13-20)8-3-4-9-17/h5-7,10,18,20H,3-4,8-9,11-13H2,1-2H3. The molecule has 0 aliphatic heterocycles. The Morgan fingerprint density at radius 1 is 1.41 bits per heavy atom. The summed E-state index contributed by atoms with van der Waals surface area (Å²) >= 11 is 0. The van der Waals surface area contributed by atoms with Gasteiger partial charge in [-0.2, -0.15) is 0 Å². The summed E-state index contributed by atoms with van der Waals surface area (Å²) in [7, 11) is 3.43. The van der Waals surface area contributed by atoms with Crippen LogP contribution in [0.2, 0.25) is 0 Å². The van der Waals surface area contributed by atoms with Gasteiger partial charge in [0.15, 0.2) is 0 Å². The van der Waals surface area contributed by atoms with E-state index in [1.807, 2.05) is 24.3 Å². The van der Waals surface area contributed by atoms with Crippen LogP contribution >= 0.6 is 0 Å². The van der Waals surface area contributed by atoms with Gasteiger partial charge in [-0.25, -0.2) is 0 Å². The SMILES string of the molecule is COc1cccc(CN(C)C(=O)CNC2(CO)CCCC2)c1. The van der Waals surface area contributed by atoms with Crippen LogP contribution in [-0.4, -0.2) is 48.8 Å². The molecule has 2 rings (SSSR count). The summed E-state index contributed by atoms with van der Waals surface area (Å²) < 4.78 is 5.20. The lowest BCUT2D eigenvalue weighted by Gasteiger charge is -2.29. The number of amides is 1. The van der Waals surface area contributed by atoms with Gasteiger partial charge in [-0.1, -0.05) is 25.0 Å². The number of benzene rings is 1. The fourth-order valence-corrected chi connectivity index (χ4v) is 2.97. The molecule has 1 aliphatic carbocycles. The average Bonchev–Trinajstić information content (AvgIpc) is 3.02. The van der Waals surface area contributed by atoms with E-state index >= 15 is 0 Å². The Kier molecular flexibility index (Phi) is 5.80. The van der Waals surface area contributed by atoms with Gasteiger partial charge in [0.2, 0.25) is 5.91 Å². The smallest absolute Gasteiger partial charge is 0.236 e. The molecule has 122 valence electrons. The van der Waals surface area contributed by atoms with Crippen molar-refractivity contribution in [1.82, 2.24) is 10.2 Å². The van der Waals surface area contributed by atoms with Crippen LogP contribution in [0.1, 0.15) is 31.2 Å². The first kappa shape index (κ1) is 16.8. The van der Waals surface area contributed by atoms with E-state index in [0.29, 0.717) is 6.54 Å². The average molecular weight is 306 g/mol. The first-order valence-electron chi connectivity index (χ1n) is 7.81. The second kappa shape index (κ2) is 7.61. The number of hydrogen-bond acceptors (Lipinski definition) is 4. The highest BCUT2D eigenvalue weighted by Crippen LogP contribution is 2.28. The summed E-state index contributed by atoms with van der Waals surface area (Å²) in [5, 5.41) is 12.8. The van der Waals surface area contributed by atoms with Crippen LogP contribution in [0.15, 0.2) is 24.3 Å². The molecule has 5 nitrogen and oxygen atoms in total. The van der Waals surface area contributed by atoms with E-state index < -0.39 is 0 Å². The van der Waals surface area contributed by atoms with Gasteiger partial charge in [0.1, 0.15) is 5.75 Å². The zero-order chi connectivity index (χ0) is 16.0. The molecule has 22 heavy (non-hydrogen) atoms. The van der Waals surface area contributed by atoms with Crippen molar-refractivity contribution in [2.45, 2.75) is 37.8 Å². The molecule has 0 aromatic heterocycles. The number of rotatable bonds is 7. The molecule has 0 radical (unpaired) electrons. The zero-order valence-electron chi connectivity index (χ0n) is 13.5. The minimum Gasteiger partial charge on any atom is -0.497 e. The summed E-state index contributed by atoms with van der Waals surface area (Å²) in [5.41, 5.74) is 0.778. The van der Waals surface area contributed by atoms with Gasteiger partial charge < -0.3 is 20.1 Å². The van der Waals surface area contributed by atoms with E-state index in [0.717, 1.165) is 37.0 Å². The molecule has 1 amide bonds. The van der Waals surface area contributed by atoms with E-state index in [4.69, 9.17) is 4.74 Å². The number of likely N-dealkylation sites (N-methyl/N-ethyl adjacent to an activating group) is 1. The highest BCUT2D eigenvalue weighted by molar-refractivity contribution is 5.78. The van der Waals surface area contributed by atoms with Gasteiger partial charge >= 0.3 is 0 Å². The second-order valence-electron chi connectivity index (χ2n) is 6.10. The number of aliphatic hydroxyl groups is 1. The highest BCUT2D eigenvalue weighted by Gasteiger charge is 2.33. The van der Waals surface area contributed by atoms with Crippen molar-refractivity contribution in [2.24, 2.45) is 0 Å². The van der Waals surface area contributed by atoms with Crippen LogP contribution in [0.25, 0.3) is 0 Å². The Bertz CT molecular complexity index is 498. The topological polar surface area (TPSA) is 61.8 Å². The molecule has 0 atom stereocenters. The second-order valence-corrected chi connectivity index (χ2v) is 6.10. The number of aliphatic hydroxyl groups excluding tert-OH is 1. The van der Waals surface area contributed by atoms with Crippen molar-refractivity contribution in [1.29, 1.82) is 0 Å². The summed E-state index contributed by atoms with van der Waals surface area (Å²) in [6.45, 7) is 0.907. The van der Waals surface area contributed by atoms with Gasteiger partial charge in [0.25, 0.3) is 0 Å².